The van der Waals surface area contributed by atoms with E-state index in [1.165, 1.54) is 12.7 Å². The lowest BCUT2D eigenvalue weighted by Crippen LogP contribution is -2.25. The van der Waals surface area contributed by atoms with Crippen LogP contribution in [0.3, 0.4) is 0 Å². The highest BCUT2D eigenvalue weighted by atomic mass is 31.1. The normalized spacial score (nSPS) is 25.5. The van der Waals surface area contributed by atoms with Gasteiger partial charge in [-0.05, 0) is 0 Å². The second-order valence-corrected chi connectivity index (χ2v) is 5.24. The summed E-state index contributed by atoms with van der Waals surface area (Å²) in [5.41, 5.74) is 6.62. The molecule has 11 heteroatoms. The second-order valence-electron chi connectivity index (χ2n) is 4.53. The van der Waals surface area contributed by atoms with Crippen molar-refractivity contribution in [3.63, 3.8) is 0 Å². The maximum atomic E-state index is 10.4. The number of ether oxygens (including phenoxy) is 1. The van der Waals surface area contributed by atoms with Gasteiger partial charge in [-0.25, -0.2) is 24.1 Å². The van der Waals surface area contributed by atoms with Crippen molar-refractivity contribution in [2.45, 2.75) is 24.9 Å². The van der Waals surface area contributed by atoms with E-state index in [2.05, 4.69) is 19.5 Å². The molecule has 112 valence electrons. The van der Waals surface area contributed by atoms with E-state index >= 15 is 0 Å². The largest absolute Gasteiger partial charge is 0.468 e. The Labute approximate surface area is 118 Å². The first-order valence-electron chi connectivity index (χ1n) is 6.10. The molecule has 1 aliphatic rings. The van der Waals surface area contributed by atoms with Crippen molar-refractivity contribution in [1.82, 2.24) is 19.5 Å². The molecule has 0 aromatic carbocycles. The monoisotopic (exact) mass is 313 g/mol. The number of hydrogen-bond donors (Lipinski definition) is 2. The van der Waals surface area contributed by atoms with Crippen LogP contribution < -0.4 is 5.73 Å². The number of hydrogen-bond acceptors (Lipinski definition) is 9. The minimum atomic E-state index is -2.97. The highest BCUT2D eigenvalue weighted by Gasteiger charge is 2.36. The van der Waals surface area contributed by atoms with Crippen molar-refractivity contribution in [3.8, 4) is 0 Å². The molecule has 3 N–H and O–H groups in total. The molecular formula is C10H12N5O5P. The van der Waals surface area contributed by atoms with Crippen molar-refractivity contribution in [2.24, 2.45) is 0 Å². The van der Waals surface area contributed by atoms with Crippen LogP contribution in [0.2, 0.25) is 0 Å². The summed E-state index contributed by atoms with van der Waals surface area (Å²) >= 11 is 0. The Balaban J connectivity index is 1.82. The Morgan fingerprint density at radius 3 is 3.05 bits per heavy atom. The van der Waals surface area contributed by atoms with E-state index in [1.807, 2.05) is 0 Å². The minimum Gasteiger partial charge on any atom is -0.390 e. The van der Waals surface area contributed by atoms with E-state index < -0.39 is 26.3 Å². The molecule has 3 atom stereocenters. The third-order valence-corrected chi connectivity index (χ3v) is 3.61. The fraction of sp³-hybridized carbons (Fsp3) is 0.500. The molecular weight excluding hydrogens is 301 g/mol. The lowest BCUT2D eigenvalue weighted by atomic mass is 10.2. The Bertz CT molecular complexity index is 724. The van der Waals surface area contributed by atoms with Gasteiger partial charge < -0.3 is 15.6 Å². The summed E-state index contributed by atoms with van der Waals surface area (Å²) in [6.07, 6.45) is 0.950. The molecule has 0 amide bonds. The predicted molar refractivity (Wildman–Crippen MR) is 68.5 cm³/mol. The molecule has 2 aromatic heterocycles. The molecule has 10 nitrogen and oxygen atoms in total. The molecule has 0 saturated carbocycles. The highest BCUT2D eigenvalue weighted by Crippen LogP contribution is 2.32. The van der Waals surface area contributed by atoms with Gasteiger partial charge in [0, 0.05) is 6.42 Å². The van der Waals surface area contributed by atoms with Gasteiger partial charge in [0.2, 0.25) is 0 Å². The van der Waals surface area contributed by atoms with Crippen molar-refractivity contribution < 1.29 is 23.5 Å². The summed E-state index contributed by atoms with van der Waals surface area (Å²) in [7, 11) is -2.97. The zero-order chi connectivity index (χ0) is 15.0. The van der Waals surface area contributed by atoms with Crippen molar-refractivity contribution in [2.75, 3.05) is 12.3 Å². The number of aliphatic hydroxyl groups is 1. The summed E-state index contributed by atoms with van der Waals surface area (Å²) in [4.78, 5) is 12.0. The molecule has 1 fully saturated rings. The molecule has 0 spiro atoms. The average molecular weight is 313 g/mol. The maximum absolute atomic E-state index is 10.4. The molecule has 0 radical (unpaired) electrons. The van der Waals surface area contributed by atoms with Gasteiger partial charge in [-0.3, -0.25) is 9.09 Å². The first-order valence-corrected chi connectivity index (χ1v) is 7.19. The van der Waals surface area contributed by atoms with E-state index in [4.69, 9.17) is 10.5 Å². The highest BCUT2D eigenvalue weighted by molar-refractivity contribution is 7.24. The summed E-state index contributed by atoms with van der Waals surface area (Å²) in [6.45, 7) is -0.236. The van der Waals surface area contributed by atoms with Crippen LogP contribution in [0.25, 0.3) is 11.2 Å². The fourth-order valence-electron chi connectivity index (χ4n) is 2.25. The van der Waals surface area contributed by atoms with Crippen molar-refractivity contribution in [3.05, 3.63) is 12.7 Å². The number of anilines is 1. The quantitative estimate of drug-likeness (QED) is 0.754. The van der Waals surface area contributed by atoms with Gasteiger partial charge in [0.05, 0.1) is 19.0 Å². The maximum Gasteiger partial charge on any atom is 0.468 e. The summed E-state index contributed by atoms with van der Waals surface area (Å²) in [5.74, 6) is 0.250. The van der Waals surface area contributed by atoms with Gasteiger partial charge >= 0.3 is 7.91 Å². The summed E-state index contributed by atoms with van der Waals surface area (Å²) in [6, 6.07) is 0. The van der Waals surface area contributed by atoms with Crippen molar-refractivity contribution >= 4 is 24.9 Å². The molecule has 0 bridgehead atoms. The number of fused-ring (bicyclic) bond motifs is 1. The zero-order valence-corrected chi connectivity index (χ0v) is 11.6. The standard InChI is InChI=1S/C10H12N5O5P/c11-9-8-10(13-3-12-9)15(4-14-8)7-1-5(16)6(20-7)2-19-21(17)18/h3-7,16H,1-2H2,(H2,11,12,13)/t5-,6+,7+/m0/s1. The van der Waals surface area contributed by atoms with Gasteiger partial charge in [-0.2, -0.15) is 0 Å². The van der Waals surface area contributed by atoms with Crippen LogP contribution in [0.4, 0.5) is 5.82 Å². The number of nitrogens with zero attached hydrogens (tertiary/aromatic N) is 4. The van der Waals surface area contributed by atoms with Crippen LogP contribution in [-0.4, -0.2) is 43.4 Å². The molecule has 0 aliphatic carbocycles. The van der Waals surface area contributed by atoms with E-state index in [1.54, 1.807) is 4.57 Å². The number of nitrogen functional groups attached to an aromatic ring is 1. The Hall–Kier alpha value is -1.87. The van der Waals surface area contributed by atoms with E-state index in [9.17, 15) is 14.2 Å². The Morgan fingerprint density at radius 2 is 2.29 bits per heavy atom. The molecule has 1 aliphatic heterocycles. The van der Waals surface area contributed by atoms with Gasteiger partial charge in [0.15, 0.2) is 11.5 Å². The SMILES string of the molecule is Nc1ncnc2c1ncn2[C@H]1C[C@H](O)[C@@H](COP(=O)=O)O1. The summed E-state index contributed by atoms with van der Waals surface area (Å²) in [5, 5.41) is 9.90. The number of rotatable bonds is 4. The number of aliphatic hydroxyl groups excluding tert-OH is 1. The van der Waals surface area contributed by atoms with E-state index in [-0.39, 0.29) is 18.8 Å². The summed E-state index contributed by atoms with van der Waals surface area (Å²) < 4.78 is 32.5. The number of imidazole rings is 1. The molecule has 0 unspecified atom stereocenters. The average Bonchev–Trinajstić information content (AvgIpc) is 3.01. The predicted octanol–water partition coefficient (Wildman–Crippen LogP) is 0.161. The minimum absolute atomic E-state index is 0.236. The molecule has 3 rings (SSSR count). The zero-order valence-electron chi connectivity index (χ0n) is 10.7. The van der Waals surface area contributed by atoms with E-state index in [0.29, 0.717) is 11.2 Å². The van der Waals surface area contributed by atoms with Gasteiger partial charge in [0.25, 0.3) is 0 Å². The van der Waals surface area contributed by atoms with Crippen LogP contribution in [-0.2, 0) is 18.4 Å². The second kappa shape index (κ2) is 5.49. The Kier molecular flexibility index (Phi) is 3.68. The third kappa shape index (κ3) is 2.66. The smallest absolute Gasteiger partial charge is 0.390 e. The van der Waals surface area contributed by atoms with Gasteiger partial charge in [-0.1, -0.05) is 0 Å². The first kappa shape index (κ1) is 14.1. The molecule has 1 saturated heterocycles. The first-order chi connectivity index (χ1) is 10.1. The van der Waals surface area contributed by atoms with E-state index in [0.717, 1.165) is 0 Å². The number of aromatic nitrogens is 4. The molecule has 3 heterocycles. The third-order valence-electron chi connectivity index (χ3n) is 3.25. The number of nitrogens with two attached hydrogens (primary N) is 1. The van der Waals surface area contributed by atoms with Gasteiger partial charge in [0.1, 0.15) is 24.2 Å². The fourth-order valence-corrected chi connectivity index (χ4v) is 2.52. The van der Waals surface area contributed by atoms with Gasteiger partial charge in [-0.15, -0.1) is 0 Å². The lowest BCUT2D eigenvalue weighted by Gasteiger charge is -2.14. The van der Waals surface area contributed by atoms with Crippen LogP contribution in [0, 0.1) is 0 Å². The molecule has 21 heavy (non-hydrogen) atoms. The van der Waals surface area contributed by atoms with Crippen LogP contribution in [0.15, 0.2) is 12.7 Å². The van der Waals surface area contributed by atoms with Crippen molar-refractivity contribution in [1.29, 1.82) is 0 Å². The topological polar surface area (TPSA) is 142 Å². The molecule has 2 aromatic rings. The van der Waals surface area contributed by atoms with Crippen LogP contribution >= 0.6 is 7.91 Å². The van der Waals surface area contributed by atoms with Crippen LogP contribution in [0.5, 0.6) is 0 Å². The van der Waals surface area contributed by atoms with Crippen LogP contribution in [0.1, 0.15) is 12.6 Å². The Morgan fingerprint density at radius 1 is 1.48 bits per heavy atom. The lowest BCUT2D eigenvalue weighted by molar-refractivity contribution is -0.0374.